The van der Waals surface area contributed by atoms with Crippen LogP contribution < -0.4 is 8.92 Å². The van der Waals surface area contributed by atoms with E-state index in [1.807, 2.05) is 19.1 Å². The van der Waals surface area contributed by atoms with Gasteiger partial charge in [-0.1, -0.05) is 0 Å². The zero-order valence-electron chi connectivity index (χ0n) is 10.2. The zero-order valence-corrected chi connectivity index (χ0v) is 13.6. The van der Waals surface area contributed by atoms with Gasteiger partial charge in [-0.05, 0) is 0 Å². The minimum absolute atomic E-state index is 0.231. The average molecular weight is 370 g/mol. The fourth-order valence-electron chi connectivity index (χ4n) is 1.49. The molecule has 0 amide bonds. The van der Waals surface area contributed by atoms with Crippen LogP contribution >= 0.6 is 0 Å². The summed E-state index contributed by atoms with van der Waals surface area (Å²) in [6.07, 6.45) is -0.231. The molecule has 0 bridgehead atoms. The zero-order chi connectivity index (χ0) is 12.8. The van der Waals surface area contributed by atoms with Crippen molar-refractivity contribution in [1.82, 2.24) is 0 Å². The predicted molar refractivity (Wildman–Crippen MR) is 79.1 cm³/mol. The maximum absolute atomic E-state index is 9.97. The van der Waals surface area contributed by atoms with Crippen LogP contribution in [0.5, 0.6) is 0 Å². The monoisotopic (exact) mass is 372 g/mol. The van der Waals surface area contributed by atoms with E-state index < -0.39 is 0 Å². The standard InChI is InChI=1S/C15H16OSe2/c1-12(16)15(17-13-8-4-2-5-9-13)18-14-10-6-3-7-11-14/h2-12,15-16H,1H3/t12-/m1/s1. The molecule has 1 nitrogen and oxygen atoms in total. The summed E-state index contributed by atoms with van der Waals surface area (Å²) >= 11 is 0.677. The third-order valence-electron chi connectivity index (χ3n) is 2.38. The number of aliphatic hydroxyl groups excluding tert-OH is 1. The van der Waals surface area contributed by atoms with Crippen LogP contribution in [0.4, 0.5) is 0 Å². The molecule has 1 atom stereocenters. The van der Waals surface area contributed by atoms with Gasteiger partial charge in [0.05, 0.1) is 0 Å². The number of rotatable bonds is 5. The number of hydrogen-bond acceptors (Lipinski definition) is 1. The van der Waals surface area contributed by atoms with E-state index in [2.05, 4.69) is 48.5 Å². The molecule has 0 aliphatic carbocycles. The Labute approximate surface area is 121 Å². The van der Waals surface area contributed by atoms with Gasteiger partial charge in [-0.2, -0.15) is 0 Å². The summed E-state index contributed by atoms with van der Waals surface area (Å²) < 4.78 is 3.14. The third kappa shape index (κ3) is 4.28. The van der Waals surface area contributed by atoms with E-state index in [1.165, 1.54) is 8.92 Å². The predicted octanol–water partition coefficient (Wildman–Crippen LogP) is 1.17. The van der Waals surface area contributed by atoms with Crippen LogP contribution in [0.15, 0.2) is 60.7 Å². The first-order valence-corrected chi connectivity index (χ1v) is 9.56. The van der Waals surface area contributed by atoms with Gasteiger partial charge in [0.15, 0.2) is 0 Å². The Balaban J connectivity index is 2.05. The van der Waals surface area contributed by atoms with Crippen molar-refractivity contribution >= 4 is 38.8 Å². The third-order valence-corrected chi connectivity index (χ3v) is 9.39. The first kappa shape index (κ1) is 13.9. The summed E-state index contributed by atoms with van der Waals surface area (Å²) in [5, 5.41) is 9.97. The van der Waals surface area contributed by atoms with Gasteiger partial charge in [-0.3, -0.25) is 0 Å². The molecule has 0 saturated carbocycles. The molecule has 0 heterocycles. The second-order valence-electron chi connectivity index (χ2n) is 3.97. The molecule has 0 fully saturated rings. The molecule has 0 unspecified atom stereocenters. The van der Waals surface area contributed by atoms with Gasteiger partial charge in [0.25, 0.3) is 0 Å². The molecule has 18 heavy (non-hydrogen) atoms. The molecule has 2 aromatic carbocycles. The van der Waals surface area contributed by atoms with Crippen molar-refractivity contribution < 1.29 is 5.11 Å². The number of hydrogen-bond donors (Lipinski definition) is 1. The van der Waals surface area contributed by atoms with Gasteiger partial charge in [0.2, 0.25) is 0 Å². The molecule has 0 aliphatic rings. The summed E-state index contributed by atoms with van der Waals surface area (Å²) in [6.45, 7) is 1.92. The second-order valence-corrected chi connectivity index (χ2v) is 10.6. The summed E-state index contributed by atoms with van der Waals surface area (Å²) in [5.74, 6) is 0. The molecule has 1 N–H and O–H groups in total. The molecule has 0 aromatic heterocycles. The van der Waals surface area contributed by atoms with Crippen molar-refractivity contribution in [2.75, 3.05) is 0 Å². The van der Waals surface area contributed by atoms with Crippen LogP contribution in [0.25, 0.3) is 0 Å². The van der Waals surface area contributed by atoms with Gasteiger partial charge < -0.3 is 0 Å². The van der Waals surface area contributed by atoms with E-state index >= 15 is 0 Å². The summed E-state index contributed by atoms with van der Waals surface area (Å²) in [7, 11) is 0. The quantitative estimate of drug-likeness (QED) is 0.784. The van der Waals surface area contributed by atoms with E-state index in [0.717, 1.165) is 0 Å². The molecule has 0 saturated heterocycles. The molecule has 2 rings (SSSR count). The summed E-state index contributed by atoms with van der Waals surface area (Å²) in [5.41, 5.74) is 0. The second kappa shape index (κ2) is 7.13. The first-order chi connectivity index (χ1) is 8.75. The molecule has 0 aliphatic heterocycles. The normalized spacial score (nSPS) is 12.6. The molecule has 94 valence electrons. The van der Waals surface area contributed by atoms with E-state index in [-0.39, 0.29) is 6.10 Å². The van der Waals surface area contributed by atoms with E-state index in [0.29, 0.717) is 33.6 Å². The van der Waals surface area contributed by atoms with Crippen molar-refractivity contribution in [3.8, 4) is 0 Å². The number of benzene rings is 2. The van der Waals surface area contributed by atoms with Crippen LogP contribution in [0.1, 0.15) is 6.92 Å². The number of aliphatic hydroxyl groups is 1. The summed E-state index contributed by atoms with van der Waals surface area (Å²) in [6, 6.07) is 21.0. The van der Waals surface area contributed by atoms with Crippen LogP contribution in [0.2, 0.25) is 3.71 Å². The minimum atomic E-state index is -0.231. The van der Waals surface area contributed by atoms with Crippen molar-refractivity contribution in [3.63, 3.8) is 0 Å². The van der Waals surface area contributed by atoms with Crippen molar-refractivity contribution in [3.05, 3.63) is 60.7 Å². The molecule has 3 heteroatoms. The molecular weight excluding hydrogens is 354 g/mol. The van der Waals surface area contributed by atoms with E-state index in [4.69, 9.17) is 0 Å². The van der Waals surface area contributed by atoms with Crippen LogP contribution in [0, 0.1) is 0 Å². The van der Waals surface area contributed by atoms with Gasteiger partial charge >= 0.3 is 121 Å². The van der Waals surface area contributed by atoms with Gasteiger partial charge in [0, 0.05) is 0 Å². The van der Waals surface area contributed by atoms with Gasteiger partial charge in [-0.25, -0.2) is 0 Å². The van der Waals surface area contributed by atoms with Gasteiger partial charge in [-0.15, -0.1) is 0 Å². The Hall–Kier alpha value is -0.561. The van der Waals surface area contributed by atoms with Crippen LogP contribution in [-0.4, -0.2) is 41.1 Å². The fraction of sp³-hybridized carbons (Fsp3) is 0.200. The van der Waals surface area contributed by atoms with Crippen LogP contribution in [-0.2, 0) is 0 Å². The van der Waals surface area contributed by atoms with Crippen molar-refractivity contribution in [1.29, 1.82) is 0 Å². The Morgan fingerprint density at radius 1 is 0.778 bits per heavy atom. The topological polar surface area (TPSA) is 20.2 Å². The van der Waals surface area contributed by atoms with Crippen molar-refractivity contribution in [2.45, 2.75) is 16.7 Å². The van der Waals surface area contributed by atoms with Crippen LogP contribution in [0.3, 0.4) is 0 Å². The molecular formula is C15H16OSe2. The first-order valence-electron chi connectivity index (χ1n) is 5.87. The molecule has 0 spiro atoms. The van der Waals surface area contributed by atoms with E-state index in [9.17, 15) is 5.11 Å². The Morgan fingerprint density at radius 2 is 1.17 bits per heavy atom. The molecule has 2 aromatic rings. The maximum atomic E-state index is 9.97. The Morgan fingerprint density at radius 3 is 1.50 bits per heavy atom. The Kier molecular flexibility index (Phi) is 5.49. The Bertz CT molecular complexity index is 415. The van der Waals surface area contributed by atoms with Gasteiger partial charge in [0.1, 0.15) is 0 Å². The average Bonchev–Trinajstić information content (AvgIpc) is 2.40. The summed E-state index contributed by atoms with van der Waals surface area (Å²) in [4.78, 5) is 0. The fourth-order valence-corrected chi connectivity index (χ4v) is 7.81. The SMILES string of the molecule is C[C@@H](O)C([Se]c1ccccc1)[Se]c1ccccc1. The van der Waals surface area contributed by atoms with E-state index in [1.54, 1.807) is 0 Å². The molecule has 0 radical (unpaired) electrons. The van der Waals surface area contributed by atoms with Crippen molar-refractivity contribution in [2.24, 2.45) is 0 Å².